The van der Waals surface area contributed by atoms with E-state index in [0.29, 0.717) is 12.0 Å². The van der Waals surface area contributed by atoms with Gasteiger partial charge in [0.2, 0.25) is 0 Å². The third kappa shape index (κ3) is 4.22. The number of anilines is 1. The van der Waals surface area contributed by atoms with E-state index in [0.717, 1.165) is 6.54 Å². The van der Waals surface area contributed by atoms with Gasteiger partial charge in [0.15, 0.2) is 0 Å². The summed E-state index contributed by atoms with van der Waals surface area (Å²) in [5.74, 6) is 0.310. The van der Waals surface area contributed by atoms with Crippen LogP contribution in [0.3, 0.4) is 0 Å². The molecule has 1 fully saturated rings. The van der Waals surface area contributed by atoms with Gasteiger partial charge in [-0.15, -0.1) is 0 Å². The van der Waals surface area contributed by atoms with E-state index >= 15 is 0 Å². The van der Waals surface area contributed by atoms with Gasteiger partial charge in [-0.1, -0.05) is 19.1 Å². The van der Waals surface area contributed by atoms with Gasteiger partial charge in [-0.2, -0.15) is 0 Å². The Morgan fingerprint density at radius 2 is 1.75 bits per heavy atom. The summed E-state index contributed by atoms with van der Waals surface area (Å²) in [4.78, 5) is 2.49. The monoisotopic (exact) mass is 276 g/mol. The standard InChI is InChI=1S/C17H28N2O/c1-14(13-20)12-18-15(2)16-6-8-17(9-7-16)19-10-4-3-5-11-19/h6-9,14-15,18,20H,3-5,10-13H2,1-2H3. The predicted molar refractivity (Wildman–Crippen MR) is 85.2 cm³/mol. The van der Waals surface area contributed by atoms with E-state index in [4.69, 9.17) is 5.11 Å². The Morgan fingerprint density at radius 1 is 1.10 bits per heavy atom. The van der Waals surface area contributed by atoms with Crippen LogP contribution in [0.4, 0.5) is 5.69 Å². The van der Waals surface area contributed by atoms with Gasteiger partial charge in [-0.05, 0) is 49.8 Å². The Morgan fingerprint density at radius 3 is 2.35 bits per heavy atom. The first-order valence-electron chi connectivity index (χ1n) is 7.90. The van der Waals surface area contributed by atoms with E-state index < -0.39 is 0 Å². The molecule has 0 saturated carbocycles. The molecule has 0 spiro atoms. The Hall–Kier alpha value is -1.06. The van der Waals surface area contributed by atoms with Crippen molar-refractivity contribution in [3.63, 3.8) is 0 Å². The zero-order valence-corrected chi connectivity index (χ0v) is 12.8. The van der Waals surface area contributed by atoms with Crippen LogP contribution in [0.15, 0.2) is 24.3 Å². The first kappa shape index (κ1) is 15.3. The third-order valence-electron chi connectivity index (χ3n) is 4.20. The van der Waals surface area contributed by atoms with Crippen molar-refractivity contribution in [2.24, 2.45) is 5.92 Å². The molecular formula is C17H28N2O. The zero-order valence-electron chi connectivity index (χ0n) is 12.8. The molecule has 1 heterocycles. The molecule has 0 aromatic heterocycles. The number of hydrogen-bond donors (Lipinski definition) is 2. The van der Waals surface area contributed by atoms with Gasteiger partial charge in [0.05, 0.1) is 0 Å². The molecule has 2 atom stereocenters. The minimum Gasteiger partial charge on any atom is -0.396 e. The molecule has 1 aromatic carbocycles. The number of aliphatic hydroxyl groups is 1. The number of nitrogens with one attached hydrogen (secondary N) is 1. The molecule has 0 amide bonds. The minimum atomic E-state index is 0.244. The molecule has 2 N–H and O–H groups in total. The first-order chi connectivity index (χ1) is 9.70. The van der Waals surface area contributed by atoms with Gasteiger partial charge in [0, 0.05) is 38.0 Å². The highest BCUT2D eigenvalue weighted by atomic mass is 16.3. The van der Waals surface area contributed by atoms with Crippen LogP contribution in [-0.4, -0.2) is 31.3 Å². The van der Waals surface area contributed by atoms with Crippen LogP contribution in [-0.2, 0) is 0 Å². The number of aliphatic hydroxyl groups excluding tert-OH is 1. The summed E-state index contributed by atoms with van der Waals surface area (Å²) in [6.07, 6.45) is 4.01. The van der Waals surface area contributed by atoms with Crippen molar-refractivity contribution in [2.45, 2.75) is 39.2 Å². The fourth-order valence-corrected chi connectivity index (χ4v) is 2.69. The highest BCUT2D eigenvalue weighted by Gasteiger charge is 2.12. The van der Waals surface area contributed by atoms with Gasteiger partial charge < -0.3 is 15.3 Å². The van der Waals surface area contributed by atoms with Crippen molar-refractivity contribution in [1.82, 2.24) is 5.32 Å². The second kappa shape index (κ2) is 7.65. The first-order valence-corrected chi connectivity index (χ1v) is 7.90. The Balaban J connectivity index is 1.89. The zero-order chi connectivity index (χ0) is 14.4. The number of rotatable bonds is 6. The molecule has 0 aliphatic carbocycles. The predicted octanol–water partition coefficient (Wildman–Crippen LogP) is 2.96. The molecule has 1 aliphatic rings. The van der Waals surface area contributed by atoms with Crippen molar-refractivity contribution in [1.29, 1.82) is 0 Å². The SMILES string of the molecule is CC(CO)CNC(C)c1ccc(N2CCCCC2)cc1. The quantitative estimate of drug-likeness (QED) is 0.838. The minimum absolute atomic E-state index is 0.244. The fraction of sp³-hybridized carbons (Fsp3) is 0.647. The molecule has 1 aliphatic heterocycles. The van der Waals surface area contributed by atoms with Crippen molar-refractivity contribution in [2.75, 3.05) is 31.1 Å². The molecule has 2 rings (SSSR count). The van der Waals surface area contributed by atoms with Crippen molar-refractivity contribution in [3.05, 3.63) is 29.8 Å². The van der Waals surface area contributed by atoms with E-state index in [1.807, 2.05) is 0 Å². The van der Waals surface area contributed by atoms with Crippen molar-refractivity contribution < 1.29 is 5.11 Å². The number of piperidine rings is 1. The summed E-state index contributed by atoms with van der Waals surface area (Å²) < 4.78 is 0. The van der Waals surface area contributed by atoms with Gasteiger partial charge in [0.25, 0.3) is 0 Å². The van der Waals surface area contributed by atoms with E-state index in [9.17, 15) is 0 Å². The van der Waals surface area contributed by atoms with Crippen LogP contribution in [0.5, 0.6) is 0 Å². The van der Waals surface area contributed by atoms with Crippen LogP contribution in [0.1, 0.15) is 44.7 Å². The largest absolute Gasteiger partial charge is 0.396 e. The second-order valence-corrected chi connectivity index (χ2v) is 6.06. The average molecular weight is 276 g/mol. The maximum absolute atomic E-state index is 9.05. The van der Waals surface area contributed by atoms with Crippen LogP contribution in [0, 0.1) is 5.92 Å². The molecule has 20 heavy (non-hydrogen) atoms. The highest BCUT2D eigenvalue weighted by Crippen LogP contribution is 2.22. The molecule has 1 aromatic rings. The van der Waals surface area contributed by atoms with Crippen LogP contribution in [0.2, 0.25) is 0 Å². The molecular weight excluding hydrogens is 248 g/mol. The molecule has 0 bridgehead atoms. The lowest BCUT2D eigenvalue weighted by molar-refractivity contribution is 0.231. The van der Waals surface area contributed by atoms with E-state index in [1.54, 1.807) is 0 Å². The summed E-state index contributed by atoms with van der Waals surface area (Å²) >= 11 is 0. The molecule has 1 saturated heterocycles. The normalized spacial score (nSPS) is 18.9. The molecule has 2 unspecified atom stereocenters. The molecule has 0 radical (unpaired) electrons. The van der Waals surface area contributed by atoms with Gasteiger partial charge in [-0.25, -0.2) is 0 Å². The number of hydrogen-bond acceptors (Lipinski definition) is 3. The lowest BCUT2D eigenvalue weighted by atomic mass is 10.1. The lowest BCUT2D eigenvalue weighted by Gasteiger charge is -2.29. The maximum atomic E-state index is 9.05. The Labute approximate surface area is 123 Å². The molecule has 3 heteroatoms. The summed E-state index contributed by atoms with van der Waals surface area (Å²) in [7, 11) is 0. The highest BCUT2D eigenvalue weighted by molar-refractivity contribution is 5.48. The number of nitrogens with zero attached hydrogens (tertiary/aromatic N) is 1. The maximum Gasteiger partial charge on any atom is 0.0468 e. The summed E-state index contributed by atoms with van der Waals surface area (Å²) in [5, 5.41) is 12.5. The lowest BCUT2D eigenvalue weighted by Crippen LogP contribution is -2.29. The summed E-state index contributed by atoms with van der Waals surface area (Å²) in [6.45, 7) is 7.72. The van der Waals surface area contributed by atoms with Crippen LogP contribution in [0.25, 0.3) is 0 Å². The Kier molecular flexibility index (Phi) is 5.86. The second-order valence-electron chi connectivity index (χ2n) is 6.06. The summed E-state index contributed by atoms with van der Waals surface area (Å²) in [6, 6.07) is 9.28. The van der Waals surface area contributed by atoms with Gasteiger partial charge >= 0.3 is 0 Å². The average Bonchev–Trinajstić information content (AvgIpc) is 2.53. The van der Waals surface area contributed by atoms with Crippen molar-refractivity contribution >= 4 is 5.69 Å². The third-order valence-corrected chi connectivity index (χ3v) is 4.20. The van der Waals surface area contributed by atoms with E-state index in [2.05, 4.69) is 48.3 Å². The topological polar surface area (TPSA) is 35.5 Å². The van der Waals surface area contributed by atoms with E-state index in [-0.39, 0.29) is 6.61 Å². The smallest absolute Gasteiger partial charge is 0.0468 e. The van der Waals surface area contributed by atoms with Gasteiger partial charge in [0.1, 0.15) is 0 Å². The van der Waals surface area contributed by atoms with Gasteiger partial charge in [-0.3, -0.25) is 0 Å². The Bertz CT molecular complexity index is 384. The van der Waals surface area contributed by atoms with E-state index in [1.165, 1.54) is 43.6 Å². The van der Waals surface area contributed by atoms with Crippen LogP contribution < -0.4 is 10.2 Å². The summed E-state index contributed by atoms with van der Waals surface area (Å²) in [5.41, 5.74) is 2.67. The number of benzene rings is 1. The van der Waals surface area contributed by atoms with Crippen LogP contribution >= 0.6 is 0 Å². The molecule has 112 valence electrons. The van der Waals surface area contributed by atoms with Crippen molar-refractivity contribution in [3.8, 4) is 0 Å². The fourth-order valence-electron chi connectivity index (χ4n) is 2.69. The molecule has 3 nitrogen and oxygen atoms in total.